The fraction of sp³-hybridized carbons (Fsp3) is 0.150. The molecular weight excluding hydrogens is 376 g/mol. The van der Waals surface area contributed by atoms with Crippen LogP contribution in [0.25, 0.3) is 10.9 Å². The van der Waals surface area contributed by atoms with E-state index in [1.165, 1.54) is 17.6 Å². The Balaban J connectivity index is 1.34. The van der Waals surface area contributed by atoms with E-state index in [0.29, 0.717) is 30.2 Å². The Kier molecular flexibility index (Phi) is 3.98. The number of hydrogen-bond donors (Lipinski definition) is 2. The fourth-order valence-corrected chi connectivity index (χ4v) is 4.43. The van der Waals surface area contributed by atoms with Gasteiger partial charge in [-0.05, 0) is 18.2 Å². The zero-order chi connectivity index (χ0) is 19.1. The van der Waals surface area contributed by atoms with Crippen LogP contribution in [0.5, 0.6) is 0 Å². The Bertz CT molecular complexity index is 1180. The van der Waals surface area contributed by atoms with Crippen LogP contribution in [0.2, 0.25) is 0 Å². The SMILES string of the molecule is O=C(Nc1nc2c(s1)CN(C(=O)c1c[nH]c3ccccc13)CC2)c1ccco1. The highest BCUT2D eigenvalue weighted by Crippen LogP contribution is 2.30. The summed E-state index contributed by atoms with van der Waals surface area (Å²) in [5, 5.41) is 4.21. The van der Waals surface area contributed by atoms with E-state index in [0.717, 1.165) is 21.5 Å². The molecule has 0 fully saturated rings. The number of aromatic amines is 1. The fourth-order valence-electron chi connectivity index (χ4n) is 3.41. The normalized spacial score (nSPS) is 13.5. The molecule has 2 N–H and O–H groups in total. The molecule has 28 heavy (non-hydrogen) atoms. The van der Waals surface area contributed by atoms with Crippen molar-refractivity contribution in [3.8, 4) is 0 Å². The van der Waals surface area contributed by atoms with Crippen LogP contribution in [0.4, 0.5) is 5.13 Å². The molecule has 1 aromatic carbocycles. The lowest BCUT2D eigenvalue weighted by Gasteiger charge is -2.25. The average Bonchev–Trinajstić information content (AvgIpc) is 3.45. The number of thiazole rings is 1. The quantitative estimate of drug-likeness (QED) is 0.557. The molecule has 4 heterocycles. The number of rotatable bonds is 3. The second-order valence-corrected chi connectivity index (χ2v) is 7.63. The number of amides is 2. The van der Waals surface area contributed by atoms with Crippen molar-refractivity contribution in [2.45, 2.75) is 13.0 Å². The molecule has 3 aromatic heterocycles. The molecule has 0 bridgehead atoms. The monoisotopic (exact) mass is 392 g/mol. The first-order valence-electron chi connectivity index (χ1n) is 8.88. The van der Waals surface area contributed by atoms with Crippen LogP contribution in [0.3, 0.4) is 0 Å². The molecule has 1 aliphatic heterocycles. The summed E-state index contributed by atoms with van der Waals surface area (Å²) in [4.78, 5) is 35.6. The van der Waals surface area contributed by atoms with E-state index in [9.17, 15) is 9.59 Å². The lowest BCUT2D eigenvalue weighted by Crippen LogP contribution is -2.35. The highest BCUT2D eigenvalue weighted by Gasteiger charge is 2.26. The van der Waals surface area contributed by atoms with Crippen molar-refractivity contribution in [1.82, 2.24) is 14.9 Å². The molecule has 1 aliphatic rings. The maximum Gasteiger partial charge on any atom is 0.293 e. The van der Waals surface area contributed by atoms with Crippen LogP contribution in [0.1, 0.15) is 31.5 Å². The molecule has 8 heteroatoms. The number of carbonyl (C=O) groups is 2. The summed E-state index contributed by atoms with van der Waals surface area (Å²) in [5.41, 5.74) is 2.56. The summed E-state index contributed by atoms with van der Waals surface area (Å²) < 4.78 is 5.10. The summed E-state index contributed by atoms with van der Waals surface area (Å²) >= 11 is 1.40. The van der Waals surface area contributed by atoms with E-state index in [4.69, 9.17) is 4.42 Å². The number of nitrogens with one attached hydrogen (secondary N) is 2. The van der Waals surface area contributed by atoms with Gasteiger partial charge in [0.25, 0.3) is 11.8 Å². The van der Waals surface area contributed by atoms with Crippen molar-refractivity contribution >= 4 is 39.2 Å². The number of hydrogen-bond acceptors (Lipinski definition) is 5. The third-order valence-electron chi connectivity index (χ3n) is 4.80. The summed E-state index contributed by atoms with van der Waals surface area (Å²) in [6.45, 7) is 1.09. The number of furan rings is 1. The molecule has 0 radical (unpaired) electrons. The molecule has 140 valence electrons. The number of H-pyrrole nitrogens is 1. The maximum atomic E-state index is 13.0. The predicted octanol–water partition coefficient (Wildman–Crippen LogP) is 3.67. The Morgan fingerprint density at radius 2 is 2.11 bits per heavy atom. The third kappa shape index (κ3) is 2.87. The van der Waals surface area contributed by atoms with Gasteiger partial charge in [-0.25, -0.2) is 4.98 Å². The Morgan fingerprint density at radius 1 is 1.21 bits per heavy atom. The first-order chi connectivity index (χ1) is 13.7. The minimum atomic E-state index is -0.331. The third-order valence-corrected chi connectivity index (χ3v) is 5.80. The number of nitrogens with zero attached hydrogens (tertiary/aromatic N) is 2. The average molecular weight is 392 g/mol. The molecule has 0 spiro atoms. The van der Waals surface area contributed by atoms with Gasteiger partial charge < -0.3 is 14.3 Å². The zero-order valence-electron chi connectivity index (χ0n) is 14.8. The van der Waals surface area contributed by atoms with Crippen molar-refractivity contribution in [3.63, 3.8) is 0 Å². The molecule has 0 aliphatic carbocycles. The van der Waals surface area contributed by atoms with Crippen molar-refractivity contribution in [3.05, 3.63) is 70.8 Å². The van der Waals surface area contributed by atoms with Gasteiger partial charge in [-0.15, -0.1) is 0 Å². The minimum absolute atomic E-state index is 0.00216. The van der Waals surface area contributed by atoms with Crippen LogP contribution in [0, 0.1) is 0 Å². The second kappa shape index (κ2) is 6.65. The molecule has 0 unspecified atom stereocenters. The van der Waals surface area contributed by atoms with Gasteiger partial charge in [-0.1, -0.05) is 29.5 Å². The van der Waals surface area contributed by atoms with Gasteiger partial charge >= 0.3 is 0 Å². The topological polar surface area (TPSA) is 91.2 Å². The standard InChI is InChI=1S/C20H16N4O3S/c25-18(16-6-3-9-27-16)23-20-22-15-7-8-24(11-17(15)28-20)19(26)13-10-21-14-5-2-1-4-12(13)14/h1-6,9-10,21H,7-8,11H2,(H,22,23,25). The number of aromatic nitrogens is 2. The van der Waals surface area contributed by atoms with E-state index in [1.807, 2.05) is 29.2 Å². The van der Waals surface area contributed by atoms with Crippen molar-refractivity contribution in [2.24, 2.45) is 0 Å². The van der Waals surface area contributed by atoms with Gasteiger partial charge in [-0.3, -0.25) is 14.9 Å². The lowest BCUT2D eigenvalue weighted by molar-refractivity contribution is 0.0738. The molecule has 7 nitrogen and oxygen atoms in total. The highest BCUT2D eigenvalue weighted by atomic mass is 32.1. The van der Waals surface area contributed by atoms with Gasteiger partial charge in [-0.2, -0.15) is 0 Å². The zero-order valence-corrected chi connectivity index (χ0v) is 15.6. The van der Waals surface area contributed by atoms with Crippen LogP contribution in [-0.4, -0.2) is 33.2 Å². The molecule has 5 rings (SSSR count). The van der Waals surface area contributed by atoms with E-state index >= 15 is 0 Å². The van der Waals surface area contributed by atoms with Gasteiger partial charge in [0.2, 0.25) is 0 Å². The number of fused-ring (bicyclic) bond motifs is 2. The van der Waals surface area contributed by atoms with Gasteiger partial charge in [0.1, 0.15) is 0 Å². The van der Waals surface area contributed by atoms with Crippen LogP contribution < -0.4 is 5.32 Å². The van der Waals surface area contributed by atoms with Gasteiger partial charge in [0.15, 0.2) is 10.9 Å². The first kappa shape index (κ1) is 16.8. The molecular formula is C20H16N4O3S. The van der Waals surface area contributed by atoms with Crippen LogP contribution >= 0.6 is 11.3 Å². The number of benzene rings is 1. The van der Waals surface area contributed by atoms with Crippen LogP contribution in [-0.2, 0) is 13.0 Å². The van der Waals surface area contributed by atoms with E-state index in [2.05, 4.69) is 15.3 Å². The second-order valence-electron chi connectivity index (χ2n) is 6.54. The van der Waals surface area contributed by atoms with Crippen molar-refractivity contribution < 1.29 is 14.0 Å². The maximum absolute atomic E-state index is 13.0. The minimum Gasteiger partial charge on any atom is -0.459 e. The predicted molar refractivity (Wildman–Crippen MR) is 106 cm³/mol. The van der Waals surface area contributed by atoms with Crippen molar-refractivity contribution in [1.29, 1.82) is 0 Å². The largest absolute Gasteiger partial charge is 0.459 e. The van der Waals surface area contributed by atoms with Crippen molar-refractivity contribution in [2.75, 3.05) is 11.9 Å². The Labute approximate surface area is 164 Å². The number of para-hydroxylation sites is 1. The Morgan fingerprint density at radius 3 is 2.96 bits per heavy atom. The van der Waals surface area contributed by atoms with E-state index in [-0.39, 0.29) is 17.6 Å². The highest BCUT2D eigenvalue weighted by molar-refractivity contribution is 7.15. The summed E-state index contributed by atoms with van der Waals surface area (Å²) in [6, 6.07) is 11.0. The van der Waals surface area contributed by atoms with Gasteiger partial charge in [0, 0.05) is 34.9 Å². The van der Waals surface area contributed by atoms with Crippen LogP contribution in [0.15, 0.2) is 53.3 Å². The smallest absolute Gasteiger partial charge is 0.293 e. The first-order valence-corrected chi connectivity index (χ1v) is 9.69. The van der Waals surface area contributed by atoms with E-state index < -0.39 is 0 Å². The Hall–Kier alpha value is -3.39. The van der Waals surface area contributed by atoms with Gasteiger partial charge in [0.05, 0.1) is 24.1 Å². The number of anilines is 1. The molecule has 0 saturated carbocycles. The molecule has 0 atom stereocenters. The molecule has 2 amide bonds. The summed E-state index contributed by atoms with van der Waals surface area (Å²) in [5.74, 6) is -0.0928. The van der Waals surface area contributed by atoms with E-state index in [1.54, 1.807) is 18.3 Å². The number of carbonyl (C=O) groups excluding carboxylic acids is 2. The lowest BCUT2D eigenvalue weighted by atomic mass is 10.1. The summed E-state index contributed by atoms with van der Waals surface area (Å²) in [6.07, 6.45) is 3.89. The molecule has 4 aromatic rings. The summed E-state index contributed by atoms with van der Waals surface area (Å²) in [7, 11) is 0. The molecule has 0 saturated heterocycles.